The molecule has 0 fully saturated rings. The van der Waals surface area contributed by atoms with Crippen molar-refractivity contribution in [2.24, 2.45) is 7.05 Å². The summed E-state index contributed by atoms with van der Waals surface area (Å²) in [4.78, 5) is 16.9. The fourth-order valence-electron chi connectivity index (χ4n) is 3.57. The van der Waals surface area contributed by atoms with Gasteiger partial charge in [0.15, 0.2) is 0 Å². The maximum Gasteiger partial charge on any atom is 0.251 e. The molecule has 1 N–H and O–H groups in total. The van der Waals surface area contributed by atoms with Gasteiger partial charge in [-0.05, 0) is 50.2 Å². The Bertz CT molecular complexity index is 1060. The Labute approximate surface area is 182 Å². The van der Waals surface area contributed by atoms with Crippen molar-refractivity contribution >= 4 is 5.91 Å². The lowest BCUT2D eigenvalue weighted by molar-refractivity contribution is 0.0950. The predicted molar refractivity (Wildman–Crippen MR) is 117 cm³/mol. The average Bonchev–Trinajstić information content (AvgIpc) is 3.34. The van der Waals surface area contributed by atoms with E-state index in [9.17, 15) is 4.79 Å². The summed E-state index contributed by atoms with van der Waals surface area (Å²) < 4.78 is 19.3. The minimum absolute atomic E-state index is 0.159. The summed E-state index contributed by atoms with van der Waals surface area (Å²) in [5.41, 5.74) is 2.61. The molecule has 0 bridgehead atoms. The number of fused-ring (bicyclic) bond motifs is 1. The van der Waals surface area contributed by atoms with Gasteiger partial charge in [0.05, 0.1) is 6.61 Å². The van der Waals surface area contributed by atoms with Gasteiger partial charge in [-0.25, -0.2) is 4.98 Å². The van der Waals surface area contributed by atoms with Crippen molar-refractivity contribution in [2.45, 2.75) is 39.5 Å². The molecule has 1 aliphatic rings. The van der Waals surface area contributed by atoms with Gasteiger partial charge in [0.2, 0.25) is 0 Å². The van der Waals surface area contributed by atoms with E-state index in [-0.39, 0.29) is 12.0 Å². The highest BCUT2D eigenvalue weighted by Gasteiger charge is 2.22. The van der Waals surface area contributed by atoms with E-state index in [0.29, 0.717) is 31.1 Å². The van der Waals surface area contributed by atoms with Gasteiger partial charge in [0, 0.05) is 49.1 Å². The van der Waals surface area contributed by atoms with E-state index in [1.165, 1.54) is 0 Å². The molecule has 0 aliphatic carbocycles. The molecule has 1 aromatic heterocycles. The molecule has 0 spiro atoms. The largest absolute Gasteiger partial charge is 0.494 e. The number of imidazole rings is 1. The van der Waals surface area contributed by atoms with E-state index < -0.39 is 0 Å². The van der Waals surface area contributed by atoms with E-state index in [2.05, 4.69) is 10.3 Å². The molecule has 31 heavy (non-hydrogen) atoms. The first-order valence-corrected chi connectivity index (χ1v) is 10.5. The molecular weight excluding hydrogens is 394 g/mol. The fourth-order valence-corrected chi connectivity index (χ4v) is 3.57. The quantitative estimate of drug-likeness (QED) is 0.601. The lowest BCUT2D eigenvalue weighted by Crippen LogP contribution is -2.23. The minimum atomic E-state index is -0.159. The number of carbonyl (C=O) groups is 1. The maximum absolute atomic E-state index is 12.6. The molecule has 1 aliphatic heterocycles. The van der Waals surface area contributed by atoms with Crippen molar-refractivity contribution in [3.63, 3.8) is 0 Å². The molecule has 0 saturated heterocycles. The second-order valence-corrected chi connectivity index (χ2v) is 7.58. The Balaban J connectivity index is 1.37. The van der Waals surface area contributed by atoms with E-state index >= 15 is 0 Å². The molecule has 7 heteroatoms. The second kappa shape index (κ2) is 9.12. The highest BCUT2D eigenvalue weighted by atomic mass is 16.5. The Hall–Kier alpha value is -3.48. The van der Waals surface area contributed by atoms with Gasteiger partial charge in [0.25, 0.3) is 5.91 Å². The molecular formula is C24H27N3O4. The molecule has 1 atom stereocenters. The van der Waals surface area contributed by atoms with Crippen LogP contribution in [0.2, 0.25) is 0 Å². The lowest BCUT2D eigenvalue weighted by Gasteiger charge is -2.13. The zero-order valence-electron chi connectivity index (χ0n) is 18.1. The lowest BCUT2D eigenvalue weighted by atomic mass is 10.1. The highest BCUT2D eigenvalue weighted by molar-refractivity contribution is 5.94. The Kier molecular flexibility index (Phi) is 6.11. The van der Waals surface area contributed by atoms with Gasteiger partial charge in [-0.2, -0.15) is 0 Å². The topological polar surface area (TPSA) is 74.6 Å². The molecule has 2 aromatic carbocycles. The molecule has 162 valence electrons. The number of aryl methyl sites for hydroxylation is 1. The summed E-state index contributed by atoms with van der Waals surface area (Å²) in [5.74, 6) is 3.02. The van der Waals surface area contributed by atoms with Gasteiger partial charge in [-0.15, -0.1) is 0 Å². The summed E-state index contributed by atoms with van der Waals surface area (Å²) in [6.45, 7) is 5.29. The fraction of sp³-hybridized carbons (Fsp3) is 0.333. The van der Waals surface area contributed by atoms with Gasteiger partial charge in [0.1, 0.15) is 35.8 Å². The second-order valence-electron chi connectivity index (χ2n) is 7.58. The Morgan fingerprint density at radius 3 is 2.77 bits per heavy atom. The third kappa shape index (κ3) is 4.82. The monoisotopic (exact) mass is 421 g/mol. The van der Waals surface area contributed by atoms with Crippen molar-refractivity contribution < 1.29 is 19.0 Å². The van der Waals surface area contributed by atoms with Crippen LogP contribution in [-0.2, 0) is 26.6 Å². The first-order valence-electron chi connectivity index (χ1n) is 10.5. The van der Waals surface area contributed by atoms with Crippen LogP contribution in [0.15, 0.2) is 48.8 Å². The number of amides is 1. The number of ether oxygens (including phenoxy) is 3. The number of nitrogens with one attached hydrogen (secondary N) is 1. The van der Waals surface area contributed by atoms with E-state index in [4.69, 9.17) is 14.2 Å². The predicted octanol–water partition coefficient (Wildman–Crippen LogP) is 3.65. The SMILES string of the molecule is CCOc1cc2c(cc1CNC(=O)c1ccc(OCc3nccn3C)cc1)OC(C)C2. The minimum Gasteiger partial charge on any atom is -0.494 e. The van der Waals surface area contributed by atoms with Crippen LogP contribution < -0.4 is 19.5 Å². The number of nitrogens with zero attached hydrogens (tertiary/aromatic N) is 2. The number of hydrogen-bond acceptors (Lipinski definition) is 5. The van der Waals surface area contributed by atoms with E-state index in [0.717, 1.165) is 34.9 Å². The summed E-state index contributed by atoms with van der Waals surface area (Å²) in [6.07, 6.45) is 4.64. The van der Waals surface area contributed by atoms with Crippen LogP contribution >= 0.6 is 0 Å². The standard InChI is InChI=1S/C24H27N3O4/c1-4-29-21-12-18-11-16(2)31-22(18)13-19(21)14-26-24(28)17-5-7-20(8-6-17)30-15-23-25-9-10-27(23)3/h5-10,12-13,16H,4,11,14-15H2,1-3H3,(H,26,28). The molecule has 7 nitrogen and oxygen atoms in total. The van der Waals surface area contributed by atoms with Gasteiger partial charge >= 0.3 is 0 Å². The van der Waals surface area contributed by atoms with Crippen LogP contribution in [-0.4, -0.2) is 28.2 Å². The number of benzene rings is 2. The van der Waals surface area contributed by atoms with Crippen molar-refractivity contribution in [1.82, 2.24) is 14.9 Å². The highest BCUT2D eigenvalue weighted by Crippen LogP contribution is 2.35. The van der Waals surface area contributed by atoms with Crippen LogP contribution in [0.5, 0.6) is 17.2 Å². The third-order valence-electron chi connectivity index (χ3n) is 5.22. The number of hydrogen-bond donors (Lipinski definition) is 1. The molecule has 0 saturated carbocycles. The number of aromatic nitrogens is 2. The Morgan fingerprint density at radius 2 is 2.06 bits per heavy atom. The van der Waals surface area contributed by atoms with E-state index in [1.807, 2.05) is 43.8 Å². The van der Waals surface area contributed by atoms with Crippen molar-refractivity contribution in [2.75, 3.05) is 6.61 Å². The van der Waals surface area contributed by atoms with Crippen LogP contribution in [0.3, 0.4) is 0 Å². The molecule has 3 aromatic rings. The van der Waals surface area contributed by atoms with Crippen LogP contribution in [0.25, 0.3) is 0 Å². The third-order valence-corrected chi connectivity index (χ3v) is 5.22. The van der Waals surface area contributed by atoms with Crippen molar-refractivity contribution in [3.8, 4) is 17.2 Å². The Morgan fingerprint density at radius 1 is 1.26 bits per heavy atom. The summed E-state index contributed by atoms with van der Waals surface area (Å²) in [7, 11) is 1.92. The molecule has 1 amide bonds. The normalized spacial score (nSPS) is 14.6. The van der Waals surface area contributed by atoms with Gasteiger partial charge in [-0.1, -0.05) is 0 Å². The van der Waals surface area contributed by atoms with Crippen molar-refractivity contribution in [3.05, 3.63) is 71.3 Å². The summed E-state index contributed by atoms with van der Waals surface area (Å²) in [5, 5.41) is 2.97. The first kappa shape index (κ1) is 20.8. The summed E-state index contributed by atoms with van der Waals surface area (Å²) >= 11 is 0. The van der Waals surface area contributed by atoms with Crippen LogP contribution in [0, 0.1) is 0 Å². The molecule has 4 rings (SSSR count). The van der Waals surface area contributed by atoms with Crippen LogP contribution in [0.4, 0.5) is 0 Å². The number of carbonyl (C=O) groups excluding carboxylic acids is 1. The number of rotatable bonds is 8. The molecule has 0 radical (unpaired) electrons. The van der Waals surface area contributed by atoms with Gasteiger partial charge < -0.3 is 24.1 Å². The smallest absolute Gasteiger partial charge is 0.251 e. The maximum atomic E-state index is 12.6. The zero-order valence-corrected chi connectivity index (χ0v) is 18.1. The average molecular weight is 421 g/mol. The molecule has 2 heterocycles. The summed E-state index contributed by atoms with van der Waals surface area (Å²) in [6, 6.07) is 11.1. The van der Waals surface area contributed by atoms with Gasteiger partial charge in [-0.3, -0.25) is 4.79 Å². The van der Waals surface area contributed by atoms with Crippen LogP contribution in [0.1, 0.15) is 41.2 Å². The first-order chi connectivity index (χ1) is 15.0. The zero-order chi connectivity index (χ0) is 21.8. The van der Waals surface area contributed by atoms with Crippen molar-refractivity contribution in [1.29, 1.82) is 0 Å². The molecule has 1 unspecified atom stereocenters. The van der Waals surface area contributed by atoms with E-state index in [1.54, 1.807) is 30.5 Å².